The van der Waals surface area contributed by atoms with Crippen LogP contribution >= 0.6 is 0 Å². The van der Waals surface area contributed by atoms with Crippen molar-refractivity contribution in [3.05, 3.63) is 258 Å². The molecule has 0 saturated heterocycles. The summed E-state index contributed by atoms with van der Waals surface area (Å²) in [5, 5.41) is 6.98. The molecule has 0 radical (unpaired) electrons. The average molecular weight is 1230 g/mol. The molecule has 0 spiro atoms. The Hall–Kier alpha value is -10.3. The number of para-hydroxylation sites is 4. The predicted octanol–water partition coefficient (Wildman–Crippen LogP) is 23.2. The first-order chi connectivity index (χ1) is 44.6. The van der Waals surface area contributed by atoms with Crippen LogP contribution in [0.1, 0.15) is 132 Å². The quantitative estimate of drug-likeness (QED) is 0.112. The molecular weight excluding hydrogens is 1140 g/mol. The van der Waals surface area contributed by atoms with Gasteiger partial charge >= 0.3 is 0 Å². The summed E-state index contributed by atoms with van der Waals surface area (Å²) in [7, 11) is 0. The third-order valence-corrected chi connectivity index (χ3v) is 19.4. The number of rotatable bonds is 8. The topological polar surface area (TPSA) is 44.6 Å². The van der Waals surface area contributed by atoms with E-state index in [1.54, 1.807) is 0 Å². The van der Waals surface area contributed by atoms with E-state index in [-0.39, 0.29) is 27.1 Å². The number of fused-ring (bicyclic) bond motifs is 10. The minimum Gasteiger partial charge on any atom is -0.459 e. The minimum absolute atomic E-state index is 0.0533. The Morgan fingerprint density at radius 2 is 0.904 bits per heavy atom. The van der Waals surface area contributed by atoms with Crippen LogP contribution in [-0.4, -0.2) is 18.5 Å². The van der Waals surface area contributed by atoms with Crippen LogP contribution in [0.2, 0.25) is 0 Å². The van der Waals surface area contributed by atoms with Gasteiger partial charge in [0.15, 0.2) is 5.69 Å². The number of benzene rings is 10. The third kappa shape index (κ3) is 10.4. The van der Waals surface area contributed by atoms with Crippen LogP contribution in [0.25, 0.3) is 126 Å². The molecule has 464 valence electrons. The van der Waals surface area contributed by atoms with Gasteiger partial charge in [-0.1, -0.05) is 207 Å². The van der Waals surface area contributed by atoms with E-state index in [1.165, 1.54) is 88.2 Å². The van der Waals surface area contributed by atoms with Gasteiger partial charge in [0.05, 0.1) is 56.6 Å². The van der Waals surface area contributed by atoms with Crippen molar-refractivity contribution in [1.29, 1.82) is 0 Å². The number of nitrogens with zero attached hydrogens (tertiary/aromatic N) is 6. The fourth-order valence-electron chi connectivity index (χ4n) is 13.9. The first kappa shape index (κ1) is 60.0. The van der Waals surface area contributed by atoms with Gasteiger partial charge in [-0.15, -0.1) is 0 Å². The summed E-state index contributed by atoms with van der Waals surface area (Å²) in [6.45, 7) is 43.0. The number of hydrogen-bond donors (Lipinski definition) is 0. The molecule has 0 unspecified atom stereocenters. The van der Waals surface area contributed by atoms with E-state index in [0.29, 0.717) is 17.2 Å². The van der Waals surface area contributed by atoms with Crippen molar-refractivity contribution >= 4 is 76.6 Å². The highest BCUT2D eigenvalue weighted by atomic mass is 16.5. The van der Waals surface area contributed by atoms with E-state index in [1.807, 2.05) is 24.4 Å². The summed E-state index contributed by atoms with van der Waals surface area (Å²) in [5.74, 6) is 2.00. The van der Waals surface area contributed by atoms with Gasteiger partial charge in [-0.2, -0.15) is 0 Å². The van der Waals surface area contributed by atoms with E-state index in [9.17, 15) is 0 Å². The van der Waals surface area contributed by atoms with Crippen LogP contribution in [0.5, 0.6) is 11.5 Å². The van der Waals surface area contributed by atoms with E-state index < -0.39 is 0 Å². The van der Waals surface area contributed by atoms with Crippen molar-refractivity contribution in [3.63, 3.8) is 0 Å². The molecule has 0 fully saturated rings. The smallest absolute Gasteiger partial charge is 0.269 e. The van der Waals surface area contributed by atoms with Gasteiger partial charge in [0.1, 0.15) is 17.3 Å². The third-order valence-electron chi connectivity index (χ3n) is 19.4. The first-order valence-electron chi connectivity index (χ1n) is 33.0. The number of imidazole rings is 1. The van der Waals surface area contributed by atoms with Crippen LogP contribution in [0, 0.1) is 12.9 Å². The van der Waals surface area contributed by atoms with Gasteiger partial charge in [-0.05, 0) is 185 Å². The molecule has 0 atom stereocenters. The normalized spacial score (nSPS) is 12.8. The second-order valence-corrected chi connectivity index (χ2v) is 31.2. The molecule has 0 aliphatic carbocycles. The second-order valence-electron chi connectivity index (χ2n) is 31.2. The Kier molecular flexibility index (Phi) is 13.6. The maximum absolute atomic E-state index is 8.42. The lowest BCUT2D eigenvalue weighted by Crippen LogP contribution is -2.29. The number of aromatic nitrogens is 5. The van der Waals surface area contributed by atoms with Crippen molar-refractivity contribution < 1.29 is 9.30 Å². The van der Waals surface area contributed by atoms with E-state index in [0.717, 1.165) is 61.2 Å². The summed E-state index contributed by atoms with van der Waals surface area (Å²) in [6.07, 6.45) is 5.70. The van der Waals surface area contributed by atoms with Gasteiger partial charge in [0.2, 0.25) is 0 Å². The van der Waals surface area contributed by atoms with Crippen molar-refractivity contribution in [3.8, 4) is 62.1 Å². The molecule has 94 heavy (non-hydrogen) atoms. The molecule has 15 rings (SSSR count). The van der Waals surface area contributed by atoms with Crippen molar-refractivity contribution in [2.24, 2.45) is 0 Å². The first-order valence-corrected chi connectivity index (χ1v) is 33.0. The molecule has 5 aromatic heterocycles. The van der Waals surface area contributed by atoms with Gasteiger partial charge in [0, 0.05) is 44.6 Å². The van der Waals surface area contributed by atoms with E-state index in [2.05, 4.69) is 321 Å². The molecule has 0 N–H and O–H groups in total. The predicted molar refractivity (Wildman–Crippen MR) is 393 cm³/mol. The Morgan fingerprint density at radius 1 is 0.394 bits per heavy atom. The van der Waals surface area contributed by atoms with Gasteiger partial charge in [-0.25, -0.2) is 9.83 Å². The van der Waals surface area contributed by atoms with Crippen LogP contribution in [0.4, 0.5) is 5.69 Å². The lowest BCUT2D eigenvalue weighted by atomic mass is 9.78. The zero-order valence-corrected chi connectivity index (χ0v) is 56.8. The average Bonchev–Trinajstić information content (AvgIpc) is 1.54. The lowest BCUT2D eigenvalue weighted by Gasteiger charge is -2.27. The van der Waals surface area contributed by atoms with Crippen molar-refractivity contribution in [2.45, 2.75) is 131 Å². The van der Waals surface area contributed by atoms with Crippen LogP contribution in [-0.2, 0) is 27.1 Å². The minimum atomic E-state index is -0.119. The van der Waals surface area contributed by atoms with Gasteiger partial charge < -0.3 is 9.14 Å². The fourth-order valence-corrected chi connectivity index (χ4v) is 13.9. The van der Waals surface area contributed by atoms with Crippen molar-refractivity contribution in [2.75, 3.05) is 0 Å². The molecule has 7 heteroatoms. The van der Waals surface area contributed by atoms with Crippen LogP contribution in [0.15, 0.2) is 212 Å². The summed E-state index contributed by atoms with van der Waals surface area (Å²) in [5.41, 5.74) is 23.0. The van der Waals surface area contributed by atoms with Crippen molar-refractivity contribution in [1.82, 2.24) is 18.5 Å². The molecular formula is C87H80N6O. The molecule has 15 aromatic rings. The summed E-state index contributed by atoms with van der Waals surface area (Å²) in [6, 6.07) is 75.5. The number of hydrogen-bond acceptors (Lipinski definition) is 2. The summed E-state index contributed by atoms with van der Waals surface area (Å²) in [4.78, 5) is 9.15. The number of pyridine rings is 1. The number of ether oxygens (including phenoxy) is 1. The molecule has 0 aliphatic rings. The maximum Gasteiger partial charge on any atom is 0.269 e. The van der Waals surface area contributed by atoms with Crippen LogP contribution in [0.3, 0.4) is 0 Å². The fraction of sp³-hybridized carbons (Fsp3) is 0.230. The molecule has 10 aromatic carbocycles. The lowest BCUT2D eigenvalue weighted by molar-refractivity contribution is -0.572. The SMILES string of the molecule is [C-]#[N+]c1cc(Oc2ccc3c4cc(-c5cc(-c6cc(C(C)(C)C)cc(C(C)(C)C)c6)cc(-c6cc(C(C)(C)C)cc(C(C)(C)C)c6)c5)ccc4n(-c4cc(C(C)(C)C)ccn4)c3c2)cc(-n2[c-][n+](-c3cc4c5ccccc5n5c6ccccc6c(c3)c45)c3ccccc32)c1. The van der Waals surface area contributed by atoms with Crippen LogP contribution < -0.4 is 9.30 Å². The highest BCUT2D eigenvalue weighted by Gasteiger charge is 2.27. The standard InChI is InChI=1S/C87H80N6O/c1-83(2,3)59-33-34-89-81(45-59)92-77-32-29-53(54-35-55(57-38-60(84(4,5)6)43-61(39-57)85(7,8)9)37-56(36-54)58-40-62(86(10,11)12)44-63(41-58)87(13,14)15)42-72(77)71-31-30-67(51-80(71)92)94-68-47-64(88-16)46-65(48-68)90-52-91(79-28-22-21-27-78(79)90)66-49-73-69-23-17-19-25-75(69)93-76-26-20-18-24-70(76)74(50-66)82(73)93/h17-51H,1-15H3. The Morgan fingerprint density at radius 3 is 1.46 bits per heavy atom. The zero-order valence-electron chi connectivity index (χ0n) is 56.8. The highest BCUT2D eigenvalue weighted by molar-refractivity contribution is 6.24. The Bertz CT molecular complexity index is 5380. The zero-order chi connectivity index (χ0) is 65.7. The largest absolute Gasteiger partial charge is 0.459 e. The maximum atomic E-state index is 8.42. The Balaban J connectivity index is 0.878. The summed E-state index contributed by atoms with van der Waals surface area (Å²) >= 11 is 0. The second kappa shape index (κ2) is 21.4. The molecule has 5 heterocycles. The molecule has 0 saturated carbocycles. The molecule has 0 aliphatic heterocycles. The Labute approximate surface area is 552 Å². The molecule has 7 nitrogen and oxygen atoms in total. The van der Waals surface area contributed by atoms with Gasteiger partial charge in [-0.3, -0.25) is 13.7 Å². The van der Waals surface area contributed by atoms with E-state index >= 15 is 0 Å². The van der Waals surface area contributed by atoms with Gasteiger partial charge in [0.25, 0.3) is 6.33 Å². The monoisotopic (exact) mass is 1220 g/mol. The molecule has 0 amide bonds. The summed E-state index contributed by atoms with van der Waals surface area (Å²) < 4.78 is 15.9. The molecule has 0 bridgehead atoms. The van der Waals surface area contributed by atoms with E-state index in [4.69, 9.17) is 16.3 Å². The highest BCUT2D eigenvalue weighted by Crippen LogP contribution is 2.45.